The minimum absolute atomic E-state index is 0.0374. The Kier molecular flexibility index (Phi) is 4.70. The van der Waals surface area contributed by atoms with Crippen LogP contribution in [-0.4, -0.2) is 38.6 Å². The van der Waals surface area contributed by atoms with Crippen molar-refractivity contribution in [2.24, 2.45) is 5.73 Å². The molecule has 0 aliphatic heterocycles. The molecule has 0 amide bonds. The second-order valence-corrected chi connectivity index (χ2v) is 6.79. The molecule has 0 bridgehead atoms. The van der Waals surface area contributed by atoms with Gasteiger partial charge in [0.1, 0.15) is 15.6 Å². The Labute approximate surface area is 108 Å². The van der Waals surface area contributed by atoms with E-state index in [2.05, 4.69) is 4.98 Å². The van der Waals surface area contributed by atoms with Gasteiger partial charge in [-0.25, -0.2) is 8.42 Å². The molecule has 1 rings (SSSR count). The van der Waals surface area contributed by atoms with Gasteiger partial charge in [0.05, 0.1) is 12.9 Å². The molecule has 1 aromatic rings. The lowest BCUT2D eigenvalue weighted by Gasteiger charge is -2.15. The minimum Gasteiger partial charge on any atom is -0.496 e. The third-order valence-electron chi connectivity index (χ3n) is 2.72. The van der Waals surface area contributed by atoms with E-state index in [1.807, 2.05) is 13.8 Å². The van der Waals surface area contributed by atoms with Gasteiger partial charge >= 0.3 is 0 Å². The highest BCUT2D eigenvalue weighted by Gasteiger charge is 2.16. The summed E-state index contributed by atoms with van der Waals surface area (Å²) in [5, 5.41) is 0. The summed E-state index contributed by atoms with van der Waals surface area (Å²) in [6, 6.07) is -0.446. The molecule has 0 aromatic carbocycles. The van der Waals surface area contributed by atoms with Crippen molar-refractivity contribution < 1.29 is 13.2 Å². The maximum Gasteiger partial charge on any atom is 0.148 e. The van der Waals surface area contributed by atoms with Crippen molar-refractivity contribution in [1.82, 2.24) is 4.98 Å². The van der Waals surface area contributed by atoms with Crippen LogP contribution in [0.5, 0.6) is 5.75 Å². The van der Waals surface area contributed by atoms with Crippen LogP contribution in [0.1, 0.15) is 16.8 Å². The number of hydrogen-bond donors (Lipinski definition) is 1. The zero-order valence-corrected chi connectivity index (χ0v) is 12.0. The Morgan fingerprint density at radius 2 is 2.06 bits per heavy atom. The third kappa shape index (κ3) is 3.96. The van der Waals surface area contributed by atoms with Crippen LogP contribution in [0.15, 0.2) is 6.20 Å². The molecule has 0 aliphatic rings. The maximum absolute atomic E-state index is 11.2. The first-order valence-electron chi connectivity index (χ1n) is 5.67. The van der Waals surface area contributed by atoms with Crippen LogP contribution in [0.3, 0.4) is 0 Å². The molecule has 0 aliphatic carbocycles. The van der Waals surface area contributed by atoms with E-state index in [0.717, 1.165) is 22.6 Å². The van der Waals surface area contributed by atoms with Crippen LogP contribution in [0.25, 0.3) is 0 Å². The van der Waals surface area contributed by atoms with E-state index >= 15 is 0 Å². The molecule has 102 valence electrons. The first-order chi connectivity index (χ1) is 8.24. The van der Waals surface area contributed by atoms with Crippen LogP contribution in [-0.2, 0) is 16.3 Å². The van der Waals surface area contributed by atoms with Gasteiger partial charge in [-0.15, -0.1) is 0 Å². The Morgan fingerprint density at radius 1 is 1.44 bits per heavy atom. The van der Waals surface area contributed by atoms with Crippen molar-refractivity contribution in [3.8, 4) is 5.75 Å². The average Bonchev–Trinajstić information content (AvgIpc) is 2.20. The Bertz CT molecular complexity index is 526. The van der Waals surface area contributed by atoms with Gasteiger partial charge < -0.3 is 10.5 Å². The number of nitrogens with two attached hydrogens (primary N) is 1. The highest BCUT2D eigenvalue weighted by molar-refractivity contribution is 7.90. The number of sulfone groups is 1. The second-order valence-electron chi connectivity index (χ2n) is 4.60. The summed E-state index contributed by atoms with van der Waals surface area (Å²) in [4.78, 5) is 4.30. The van der Waals surface area contributed by atoms with Crippen LogP contribution < -0.4 is 10.5 Å². The molecule has 0 spiro atoms. The summed E-state index contributed by atoms with van der Waals surface area (Å²) in [5.41, 5.74) is 8.49. The molecule has 1 heterocycles. The first-order valence-corrected chi connectivity index (χ1v) is 7.73. The highest BCUT2D eigenvalue weighted by atomic mass is 32.2. The van der Waals surface area contributed by atoms with Gasteiger partial charge in [-0.1, -0.05) is 0 Å². The van der Waals surface area contributed by atoms with Crippen molar-refractivity contribution >= 4 is 9.84 Å². The van der Waals surface area contributed by atoms with E-state index < -0.39 is 15.9 Å². The fourth-order valence-electron chi connectivity index (χ4n) is 1.97. The van der Waals surface area contributed by atoms with Crippen LogP contribution in [0.2, 0.25) is 0 Å². The predicted molar refractivity (Wildman–Crippen MR) is 71.7 cm³/mol. The normalized spacial score (nSPS) is 13.4. The number of nitrogens with zero attached hydrogens (tertiary/aromatic N) is 1. The number of rotatable bonds is 5. The van der Waals surface area contributed by atoms with Crippen molar-refractivity contribution in [1.29, 1.82) is 0 Å². The van der Waals surface area contributed by atoms with Gasteiger partial charge in [0.15, 0.2) is 0 Å². The number of pyridine rings is 1. The molecule has 0 radical (unpaired) electrons. The fraction of sp³-hybridized carbons (Fsp3) is 0.583. The Balaban J connectivity index is 2.92. The number of methoxy groups -OCH3 is 1. The summed E-state index contributed by atoms with van der Waals surface area (Å²) in [6.45, 7) is 3.82. The largest absolute Gasteiger partial charge is 0.496 e. The first kappa shape index (κ1) is 14.9. The molecule has 0 fully saturated rings. The van der Waals surface area contributed by atoms with Gasteiger partial charge in [-0.3, -0.25) is 4.98 Å². The van der Waals surface area contributed by atoms with Gasteiger partial charge in [-0.05, 0) is 13.8 Å². The molecule has 0 saturated carbocycles. The smallest absolute Gasteiger partial charge is 0.148 e. The quantitative estimate of drug-likeness (QED) is 0.849. The van der Waals surface area contributed by atoms with E-state index in [-0.39, 0.29) is 5.75 Å². The molecule has 0 saturated heterocycles. The third-order valence-corrected chi connectivity index (χ3v) is 3.76. The molecule has 1 atom stereocenters. The van der Waals surface area contributed by atoms with Gasteiger partial charge in [0.25, 0.3) is 0 Å². The van der Waals surface area contributed by atoms with Crippen molar-refractivity contribution in [2.75, 3.05) is 19.1 Å². The monoisotopic (exact) mass is 272 g/mol. The number of ether oxygens (including phenoxy) is 1. The average molecular weight is 272 g/mol. The molecule has 5 nitrogen and oxygen atoms in total. The molecular formula is C12H20N2O3S. The predicted octanol–water partition coefficient (Wildman–Crippen LogP) is 0.621. The topological polar surface area (TPSA) is 82.3 Å². The van der Waals surface area contributed by atoms with Crippen LogP contribution in [0, 0.1) is 13.8 Å². The number of aromatic nitrogens is 1. The van der Waals surface area contributed by atoms with E-state index in [9.17, 15) is 8.42 Å². The van der Waals surface area contributed by atoms with E-state index in [1.165, 1.54) is 6.26 Å². The number of aryl methyl sites for hydroxylation is 1. The summed E-state index contributed by atoms with van der Waals surface area (Å²) in [6.07, 6.45) is 3.33. The van der Waals surface area contributed by atoms with Crippen molar-refractivity contribution in [2.45, 2.75) is 26.3 Å². The molecule has 6 heteroatoms. The molecule has 1 unspecified atom stereocenters. The summed E-state index contributed by atoms with van der Waals surface area (Å²) < 4.78 is 27.6. The standard InChI is InChI=1S/C12H20N2O3S/c1-8-6-14-11(9(2)12(8)17-3)5-10(13)7-18(4,15)16/h6,10H,5,7,13H2,1-4H3. The zero-order valence-electron chi connectivity index (χ0n) is 11.2. The minimum atomic E-state index is -3.06. The Morgan fingerprint density at radius 3 is 2.56 bits per heavy atom. The van der Waals surface area contributed by atoms with Crippen molar-refractivity contribution in [3.05, 3.63) is 23.0 Å². The highest BCUT2D eigenvalue weighted by Crippen LogP contribution is 2.24. The van der Waals surface area contributed by atoms with Crippen LogP contribution in [0.4, 0.5) is 0 Å². The maximum atomic E-state index is 11.2. The van der Waals surface area contributed by atoms with E-state index in [4.69, 9.17) is 10.5 Å². The van der Waals surface area contributed by atoms with Crippen LogP contribution >= 0.6 is 0 Å². The lowest BCUT2D eigenvalue weighted by molar-refractivity contribution is 0.406. The summed E-state index contributed by atoms with van der Waals surface area (Å²) >= 11 is 0. The SMILES string of the molecule is COc1c(C)cnc(CC(N)CS(C)(=O)=O)c1C. The second kappa shape index (κ2) is 5.67. The summed E-state index contributed by atoms with van der Waals surface area (Å²) in [5.74, 6) is 0.746. The lowest BCUT2D eigenvalue weighted by Crippen LogP contribution is -2.31. The van der Waals surface area contributed by atoms with Gasteiger partial charge in [-0.2, -0.15) is 0 Å². The molecule has 1 aromatic heterocycles. The number of hydrogen-bond acceptors (Lipinski definition) is 5. The van der Waals surface area contributed by atoms with E-state index in [1.54, 1.807) is 13.3 Å². The Hall–Kier alpha value is -1.14. The summed E-state index contributed by atoms with van der Waals surface area (Å²) in [7, 11) is -1.46. The van der Waals surface area contributed by atoms with Gasteiger partial charge in [0.2, 0.25) is 0 Å². The lowest BCUT2D eigenvalue weighted by atomic mass is 10.1. The molecular weight excluding hydrogens is 252 g/mol. The van der Waals surface area contributed by atoms with E-state index in [0.29, 0.717) is 6.42 Å². The van der Waals surface area contributed by atoms with Crippen molar-refractivity contribution in [3.63, 3.8) is 0 Å². The molecule has 2 N–H and O–H groups in total. The van der Waals surface area contributed by atoms with Gasteiger partial charge in [0, 0.05) is 41.7 Å². The fourth-order valence-corrected chi connectivity index (χ4v) is 2.87. The zero-order chi connectivity index (χ0) is 13.9. The molecule has 18 heavy (non-hydrogen) atoms.